The van der Waals surface area contributed by atoms with Crippen molar-refractivity contribution in [2.24, 2.45) is 0 Å². The van der Waals surface area contributed by atoms with Crippen LogP contribution in [0.15, 0.2) is 52.2 Å². The summed E-state index contributed by atoms with van der Waals surface area (Å²) in [6.45, 7) is 2.66. The molecule has 176 valence electrons. The van der Waals surface area contributed by atoms with Crippen LogP contribution in [0.1, 0.15) is 22.8 Å². The fourth-order valence-corrected chi connectivity index (χ4v) is 6.29. The van der Waals surface area contributed by atoms with Crippen LogP contribution < -0.4 is 4.87 Å². The van der Waals surface area contributed by atoms with Crippen LogP contribution in [0, 0.1) is 0 Å². The van der Waals surface area contributed by atoms with Crippen LogP contribution in [0.25, 0.3) is 10.2 Å². The van der Waals surface area contributed by atoms with E-state index in [1.165, 1.54) is 21.3 Å². The molecule has 7 nitrogen and oxygen atoms in total. The number of carbonyl (C=O) groups is 1. The summed E-state index contributed by atoms with van der Waals surface area (Å²) >= 11 is 0.986. The Bertz CT molecular complexity index is 1350. The van der Waals surface area contributed by atoms with Gasteiger partial charge in [-0.2, -0.15) is 17.5 Å². The topological polar surface area (TPSA) is 79.7 Å². The number of piperazine rings is 1. The van der Waals surface area contributed by atoms with Crippen molar-refractivity contribution in [2.75, 3.05) is 26.2 Å². The molecule has 0 bridgehead atoms. The number of aryl methyl sites for hydroxylation is 1. The maximum absolute atomic E-state index is 13.1. The van der Waals surface area contributed by atoms with E-state index in [4.69, 9.17) is 0 Å². The Morgan fingerprint density at radius 1 is 1.03 bits per heavy atom. The van der Waals surface area contributed by atoms with Crippen molar-refractivity contribution >= 4 is 37.5 Å². The number of fused-ring (bicyclic) bond motifs is 1. The van der Waals surface area contributed by atoms with Gasteiger partial charge in [-0.3, -0.25) is 14.2 Å². The van der Waals surface area contributed by atoms with Crippen molar-refractivity contribution in [3.8, 4) is 0 Å². The molecular weight excluding hydrogens is 479 g/mol. The molecule has 2 heterocycles. The van der Waals surface area contributed by atoms with E-state index in [2.05, 4.69) is 0 Å². The molecule has 1 saturated heterocycles. The number of hydrogen-bond acceptors (Lipinski definition) is 5. The van der Waals surface area contributed by atoms with Gasteiger partial charge in [-0.25, -0.2) is 8.42 Å². The molecule has 1 fully saturated rings. The molecule has 2 aromatic carbocycles. The molecule has 1 aromatic heterocycles. The van der Waals surface area contributed by atoms with Crippen molar-refractivity contribution in [2.45, 2.75) is 24.5 Å². The van der Waals surface area contributed by atoms with Gasteiger partial charge < -0.3 is 4.90 Å². The van der Waals surface area contributed by atoms with Gasteiger partial charge in [-0.15, -0.1) is 0 Å². The average molecular weight is 500 g/mol. The summed E-state index contributed by atoms with van der Waals surface area (Å²) in [7, 11) is -3.83. The van der Waals surface area contributed by atoms with E-state index in [0.717, 1.165) is 35.6 Å². The highest BCUT2D eigenvalue weighted by molar-refractivity contribution is 7.89. The van der Waals surface area contributed by atoms with Crippen molar-refractivity contribution in [3.05, 3.63) is 63.3 Å². The number of hydrogen-bond donors (Lipinski definition) is 0. The number of sulfonamides is 1. The maximum atomic E-state index is 13.1. The number of aromatic nitrogens is 1. The van der Waals surface area contributed by atoms with Crippen LogP contribution in [0.5, 0.6) is 0 Å². The third kappa shape index (κ3) is 4.42. The summed E-state index contributed by atoms with van der Waals surface area (Å²) in [5.41, 5.74) is -0.0512. The lowest BCUT2D eigenvalue weighted by atomic mass is 10.1. The summed E-state index contributed by atoms with van der Waals surface area (Å²) in [6, 6.07) is 8.52. The van der Waals surface area contributed by atoms with Crippen LogP contribution in [0.3, 0.4) is 0 Å². The largest absolute Gasteiger partial charge is 0.416 e. The van der Waals surface area contributed by atoms with E-state index in [-0.39, 0.29) is 41.5 Å². The number of rotatable bonds is 4. The molecule has 1 aliphatic rings. The SMILES string of the molecule is CCn1c(=O)sc2cc(S(=O)(=O)N3CCN(C(=O)c4ccc(C(F)(F)F)cc4)CC3)ccc21. The molecule has 1 amide bonds. The van der Waals surface area contributed by atoms with E-state index in [1.807, 2.05) is 6.92 Å². The second kappa shape index (κ2) is 8.58. The summed E-state index contributed by atoms with van der Waals surface area (Å²) in [5, 5.41) is 0. The molecular formula is C21H20F3N3O4S2. The van der Waals surface area contributed by atoms with Gasteiger partial charge in [-0.05, 0) is 49.4 Å². The highest BCUT2D eigenvalue weighted by Crippen LogP contribution is 2.29. The Morgan fingerprint density at radius 2 is 1.67 bits per heavy atom. The quantitative estimate of drug-likeness (QED) is 0.552. The minimum Gasteiger partial charge on any atom is -0.336 e. The first-order valence-corrected chi connectivity index (χ1v) is 12.4. The Balaban J connectivity index is 1.47. The normalized spacial score (nSPS) is 15.8. The fraction of sp³-hybridized carbons (Fsp3) is 0.333. The second-order valence-corrected chi connectivity index (χ2v) is 10.4. The van der Waals surface area contributed by atoms with Crippen molar-refractivity contribution in [1.82, 2.24) is 13.8 Å². The van der Waals surface area contributed by atoms with Crippen LogP contribution in [0.4, 0.5) is 13.2 Å². The predicted octanol–water partition coefficient (Wildman–Crippen LogP) is 3.25. The van der Waals surface area contributed by atoms with Gasteiger partial charge in [0, 0.05) is 38.3 Å². The highest BCUT2D eigenvalue weighted by atomic mass is 32.2. The van der Waals surface area contributed by atoms with E-state index in [9.17, 15) is 31.2 Å². The third-order valence-corrected chi connectivity index (χ3v) is 8.42. The molecule has 12 heteroatoms. The molecule has 0 saturated carbocycles. The summed E-state index contributed by atoms with van der Waals surface area (Å²) in [6.07, 6.45) is -4.49. The maximum Gasteiger partial charge on any atom is 0.416 e. The third-order valence-electron chi connectivity index (χ3n) is 5.58. The number of alkyl halides is 3. The molecule has 0 radical (unpaired) electrons. The average Bonchev–Trinajstić information content (AvgIpc) is 3.12. The van der Waals surface area contributed by atoms with Crippen LogP contribution >= 0.6 is 11.3 Å². The first-order valence-electron chi connectivity index (χ1n) is 10.1. The summed E-state index contributed by atoms with van der Waals surface area (Å²) < 4.78 is 67.8. The Morgan fingerprint density at radius 3 is 2.24 bits per heavy atom. The predicted molar refractivity (Wildman–Crippen MR) is 118 cm³/mol. The van der Waals surface area contributed by atoms with E-state index in [1.54, 1.807) is 10.6 Å². The number of halogens is 3. The molecule has 0 aliphatic carbocycles. The van der Waals surface area contributed by atoms with Gasteiger partial charge in [0.1, 0.15) is 0 Å². The van der Waals surface area contributed by atoms with E-state index in [0.29, 0.717) is 16.8 Å². The van der Waals surface area contributed by atoms with Gasteiger partial charge >= 0.3 is 11.0 Å². The second-order valence-electron chi connectivity index (χ2n) is 7.51. The number of carbonyl (C=O) groups excluding carboxylic acids is 1. The standard InChI is InChI=1S/C21H20F3N3O4S2/c1-2-27-17-8-7-16(13-18(17)32-20(27)29)33(30,31)26-11-9-25(10-12-26)19(28)14-3-5-15(6-4-14)21(22,23)24/h3-8,13H,2,9-12H2,1H3. The van der Waals surface area contributed by atoms with Crippen LogP contribution in [-0.2, 0) is 22.7 Å². The molecule has 3 aromatic rings. The Hall–Kier alpha value is -2.70. The number of benzene rings is 2. The molecule has 4 rings (SSSR count). The smallest absolute Gasteiger partial charge is 0.336 e. The molecule has 0 atom stereocenters. The molecule has 0 N–H and O–H groups in total. The van der Waals surface area contributed by atoms with Crippen molar-refractivity contribution in [1.29, 1.82) is 0 Å². The molecule has 0 spiro atoms. The van der Waals surface area contributed by atoms with Crippen molar-refractivity contribution < 1.29 is 26.4 Å². The minimum atomic E-state index is -4.49. The lowest BCUT2D eigenvalue weighted by molar-refractivity contribution is -0.137. The van der Waals surface area contributed by atoms with Gasteiger partial charge in [0.05, 0.1) is 20.7 Å². The highest BCUT2D eigenvalue weighted by Gasteiger charge is 2.32. The monoisotopic (exact) mass is 499 g/mol. The number of amides is 1. The Kier molecular flexibility index (Phi) is 6.10. The fourth-order valence-electron chi connectivity index (χ4n) is 3.77. The van der Waals surface area contributed by atoms with E-state index < -0.39 is 27.7 Å². The zero-order valence-corrected chi connectivity index (χ0v) is 19.1. The molecule has 33 heavy (non-hydrogen) atoms. The van der Waals surface area contributed by atoms with Crippen molar-refractivity contribution in [3.63, 3.8) is 0 Å². The molecule has 0 unspecified atom stereocenters. The first kappa shape index (κ1) is 23.5. The van der Waals surface area contributed by atoms with E-state index >= 15 is 0 Å². The van der Waals surface area contributed by atoms with Gasteiger partial charge in [0.25, 0.3) is 5.91 Å². The van der Waals surface area contributed by atoms with Gasteiger partial charge in [0.15, 0.2) is 0 Å². The van der Waals surface area contributed by atoms with Gasteiger partial charge in [-0.1, -0.05) is 11.3 Å². The number of thiazole rings is 1. The number of nitrogens with zero attached hydrogens (tertiary/aromatic N) is 3. The zero-order valence-electron chi connectivity index (χ0n) is 17.5. The van der Waals surface area contributed by atoms with Gasteiger partial charge in [0.2, 0.25) is 10.0 Å². The minimum absolute atomic E-state index is 0.0545. The lowest BCUT2D eigenvalue weighted by Gasteiger charge is -2.34. The van der Waals surface area contributed by atoms with Crippen LogP contribution in [0.2, 0.25) is 0 Å². The summed E-state index contributed by atoms with van der Waals surface area (Å²) in [4.78, 5) is 26.0. The zero-order chi connectivity index (χ0) is 24.0. The lowest BCUT2D eigenvalue weighted by Crippen LogP contribution is -2.50. The van der Waals surface area contributed by atoms with Crippen LogP contribution in [-0.4, -0.2) is 54.3 Å². The summed E-state index contributed by atoms with van der Waals surface area (Å²) in [5.74, 6) is -0.451. The first-order chi connectivity index (χ1) is 15.5. The Labute approximate surface area is 191 Å². The molecule has 1 aliphatic heterocycles.